The van der Waals surface area contributed by atoms with Crippen LogP contribution in [0.3, 0.4) is 0 Å². The number of likely N-dealkylation sites (tertiary alicyclic amines) is 1. The van der Waals surface area contributed by atoms with Gasteiger partial charge in [0.15, 0.2) is 11.5 Å². The zero-order chi connectivity index (χ0) is 35.7. The van der Waals surface area contributed by atoms with Gasteiger partial charge in [0.1, 0.15) is 22.7 Å². The molecule has 4 aromatic rings. The van der Waals surface area contributed by atoms with Crippen LogP contribution in [-0.2, 0) is 26.1 Å². The molecule has 268 valence electrons. The average Bonchev–Trinajstić information content (AvgIpc) is 3.50. The van der Waals surface area contributed by atoms with Gasteiger partial charge < -0.3 is 24.3 Å². The summed E-state index contributed by atoms with van der Waals surface area (Å²) in [5.41, 5.74) is -0.424. The first-order valence-corrected chi connectivity index (χ1v) is 16.8. The molecule has 0 atom stereocenters. The molecule has 0 unspecified atom stereocenters. The molecular weight excluding hydrogens is 659 g/mol. The number of carbonyl (C=O) groups excluding carboxylic acids is 1. The van der Waals surface area contributed by atoms with Crippen LogP contribution in [0.5, 0.6) is 0 Å². The number of pyridine rings is 2. The maximum absolute atomic E-state index is 16.1. The Hall–Kier alpha value is -4.17. The van der Waals surface area contributed by atoms with E-state index >= 15 is 4.39 Å². The molecule has 2 aliphatic rings. The number of methoxy groups -OCH3 is 1. The molecule has 2 fully saturated rings. The first kappa shape index (κ1) is 35.6. The second-order valence-corrected chi connectivity index (χ2v) is 13.5. The lowest BCUT2D eigenvalue weighted by Gasteiger charge is -2.44. The number of esters is 1. The Morgan fingerprint density at radius 2 is 1.82 bits per heavy atom. The van der Waals surface area contributed by atoms with Crippen LogP contribution in [-0.4, -0.2) is 84.4 Å². The predicted molar refractivity (Wildman–Crippen MR) is 179 cm³/mol. The van der Waals surface area contributed by atoms with Crippen LogP contribution in [0.15, 0.2) is 42.6 Å². The second-order valence-electron chi connectivity index (χ2n) is 13.5. The fraction of sp³-hybridized carbons (Fsp3) is 0.500. The highest BCUT2D eigenvalue weighted by atomic mass is 19.4. The number of aromatic nitrogens is 4. The third-order valence-corrected chi connectivity index (χ3v) is 9.92. The van der Waals surface area contributed by atoms with Crippen LogP contribution in [0.2, 0.25) is 0 Å². The lowest BCUT2D eigenvalue weighted by atomic mass is 9.69. The first-order chi connectivity index (χ1) is 23.8. The van der Waals surface area contributed by atoms with Gasteiger partial charge in [-0.25, -0.2) is 18.7 Å². The molecule has 6 rings (SSSR count). The van der Waals surface area contributed by atoms with Gasteiger partial charge in [-0.15, -0.1) is 0 Å². The maximum Gasteiger partial charge on any atom is 0.416 e. The standard InChI is InChI=1S/C36H41F5N6O3/c1-4-50-30(48)8-13-47-14-11-35(38,12-15-47)24-6-7-27(42-20-24)32-44-31-29(46(2)21-34(22-49-3)9-5-10-34)19-28(43-33(31)45-32)23-16-25(36(39,40)41)18-26(37)17-23/h6-7,16-20H,4-5,8-15,21-22H2,1-3H3,(H,43,44,45). The highest BCUT2D eigenvalue weighted by molar-refractivity contribution is 5.91. The van der Waals surface area contributed by atoms with Gasteiger partial charge in [0.05, 0.1) is 36.6 Å². The molecule has 3 aromatic heterocycles. The number of nitrogens with one attached hydrogen (secondary N) is 1. The van der Waals surface area contributed by atoms with Gasteiger partial charge in [0, 0.05) is 63.1 Å². The number of carbonyl (C=O) groups is 1. The third-order valence-electron chi connectivity index (χ3n) is 9.92. The van der Waals surface area contributed by atoms with Crippen molar-refractivity contribution in [2.45, 2.75) is 57.3 Å². The molecule has 9 nitrogen and oxygen atoms in total. The van der Waals surface area contributed by atoms with Crippen molar-refractivity contribution in [3.63, 3.8) is 0 Å². The molecule has 1 saturated carbocycles. The van der Waals surface area contributed by atoms with Crippen LogP contribution in [0, 0.1) is 11.2 Å². The maximum atomic E-state index is 16.1. The van der Waals surface area contributed by atoms with Gasteiger partial charge in [0.2, 0.25) is 0 Å². The number of rotatable bonds is 12. The minimum absolute atomic E-state index is 0.0312. The molecule has 1 aliphatic carbocycles. The highest BCUT2D eigenvalue weighted by Gasteiger charge is 2.39. The third kappa shape index (κ3) is 7.60. The number of halogens is 5. The number of ether oxygens (including phenoxy) is 2. The largest absolute Gasteiger partial charge is 0.466 e. The van der Waals surface area contributed by atoms with E-state index in [1.165, 1.54) is 6.20 Å². The molecule has 14 heteroatoms. The molecule has 0 bridgehead atoms. The van der Waals surface area contributed by atoms with Gasteiger partial charge in [-0.1, -0.05) is 12.5 Å². The Kier molecular flexibility index (Phi) is 10.1. The average molecular weight is 701 g/mol. The Morgan fingerprint density at radius 1 is 1.06 bits per heavy atom. The molecule has 50 heavy (non-hydrogen) atoms. The van der Waals surface area contributed by atoms with Crippen LogP contribution >= 0.6 is 0 Å². The number of alkyl halides is 4. The summed E-state index contributed by atoms with van der Waals surface area (Å²) in [6.45, 7) is 4.76. The van der Waals surface area contributed by atoms with Crippen molar-refractivity contribution in [1.29, 1.82) is 0 Å². The number of fused-ring (bicyclic) bond motifs is 1. The number of benzene rings is 1. The normalized spacial score (nSPS) is 17.4. The molecule has 1 aromatic carbocycles. The summed E-state index contributed by atoms with van der Waals surface area (Å²) in [7, 11) is 3.55. The molecule has 1 saturated heterocycles. The fourth-order valence-electron chi connectivity index (χ4n) is 7.06. The number of anilines is 1. The van der Waals surface area contributed by atoms with E-state index in [4.69, 9.17) is 9.47 Å². The Morgan fingerprint density at radius 3 is 2.44 bits per heavy atom. The van der Waals surface area contributed by atoms with E-state index in [1.807, 2.05) is 11.9 Å². The number of piperidine rings is 1. The fourth-order valence-corrected chi connectivity index (χ4v) is 7.06. The Labute approximate surface area is 287 Å². The minimum Gasteiger partial charge on any atom is -0.466 e. The van der Waals surface area contributed by atoms with Crippen molar-refractivity contribution in [2.24, 2.45) is 5.41 Å². The first-order valence-electron chi connectivity index (χ1n) is 16.8. The van der Waals surface area contributed by atoms with Crippen molar-refractivity contribution in [1.82, 2.24) is 24.8 Å². The Bertz CT molecular complexity index is 1820. The van der Waals surface area contributed by atoms with Crippen LogP contribution < -0.4 is 4.90 Å². The number of nitrogens with zero attached hydrogens (tertiary/aromatic N) is 5. The van der Waals surface area contributed by atoms with Crippen molar-refractivity contribution >= 4 is 22.8 Å². The van der Waals surface area contributed by atoms with Gasteiger partial charge in [0.25, 0.3) is 0 Å². The summed E-state index contributed by atoms with van der Waals surface area (Å²) < 4.78 is 81.9. The monoisotopic (exact) mass is 700 g/mol. The minimum atomic E-state index is -4.74. The van der Waals surface area contributed by atoms with E-state index < -0.39 is 23.2 Å². The summed E-state index contributed by atoms with van der Waals surface area (Å²) in [4.78, 5) is 32.8. The van der Waals surface area contributed by atoms with Gasteiger partial charge in [-0.3, -0.25) is 9.78 Å². The number of H-pyrrole nitrogens is 1. The molecule has 1 N–H and O–H groups in total. The van der Waals surface area contributed by atoms with E-state index in [9.17, 15) is 22.4 Å². The van der Waals surface area contributed by atoms with Gasteiger partial charge in [-0.05, 0) is 62.9 Å². The molecule has 1 aliphatic heterocycles. The zero-order valence-corrected chi connectivity index (χ0v) is 28.4. The van der Waals surface area contributed by atoms with E-state index in [-0.39, 0.29) is 47.6 Å². The van der Waals surface area contributed by atoms with Crippen LogP contribution in [0.1, 0.15) is 56.6 Å². The topological polar surface area (TPSA) is 96.5 Å². The summed E-state index contributed by atoms with van der Waals surface area (Å²) in [5, 5.41) is 0. The van der Waals surface area contributed by atoms with Crippen molar-refractivity contribution in [3.05, 3.63) is 59.5 Å². The van der Waals surface area contributed by atoms with E-state index in [0.29, 0.717) is 73.7 Å². The molecule has 0 radical (unpaired) electrons. The van der Waals surface area contributed by atoms with Crippen molar-refractivity contribution in [2.75, 3.05) is 58.5 Å². The molecule has 0 spiro atoms. The summed E-state index contributed by atoms with van der Waals surface area (Å²) in [5.74, 6) is -0.948. The second kappa shape index (κ2) is 14.2. The summed E-state index contributed by atoms with van der Waals surface area (Å²) in [6, 6.07) is 7.37. The lowest BCUT2D eigenvalue weighted by Crippen LogP contribution is -2.44. The molecule has 4 heterocycles. The zero-order valence-electron chi connectivity index (χ0n) is 28.4. The van der Waals surface area contributed by atoms with Gasteiger partial charge >= 0.3 is 12.1 Å². The van der Waals surface area contributed by atoms with Crippen LogP contribution in [0.4, 0.5) is 27.6 Å². The predicted octanol–water partition coefficient (Wildman–Crippen LogP) is 7.31. The van der Waals surface area contributed by atoms with Crippen molar-refractivity contribution in [3.8, 4) is 22.8 Å². The number of hydrogen-bond donors (Lipinski definition) is 1. The van der Waals surface area contributed by atoms with E-state index in [1.54, 1.807) is 32.2 Å². The highest BCUT2D eigenvalue weighted by Crippen LogP contribution is 2.44. The number of imidazole rings is 1. The quantitative estimate of drug-likeness (QED) is 0.122. The Balaban J connectivity index is 1.29. The molecular formula is C36H41F5N6O3. The van der Waals surface area contributed by atoms with Gasteiger partial charge in [-0.2, -0.15) is 13.2 Å². The van der Waals surface area contributed by atoms with E-state index in [0.717, 1.165) is 31.4 Å². The SMILES string of the molecule is CCOC(=O)CCN1CCC(F)(c2ccc(-c3nc4nc(-c5cc(F)cc(C(F)(F)F)c5)cc(N(C)CC5(COC)CCC5)c4[nH]3)nc2)CC1. The molecule has 0 amide bonds. The lowest BCUT2D eigenvalue weighted by molar-refractivity contribution is -0.143. The number of aromatic amines is 1. The summed E-state index contributed by atoms with van der Waals surface area (Å²) >= 11 is 0. The smallest absolute Gasteiger partial charge is 0.416 e. The van der Waals surface area contributed by atoms with Crippen molar-refractivity contribution < 1.29 is 36.2 Å². The summed E-state index contributed by atoms with van der Waals surface area (Å²) in [6.07, 6.45) is 0.540. The number of hydrogen-bond acceptors (Lipinski definition) is 8. The van der Waals surface area contributed by atoms with E-state index in [2.05, 4.69) is 24.8 Å². The van der Waals surface area contributed by atoms with Crippen LogP contribution in [0.25, 0.3) is 33.9 Å².